The van der Waals surface area contributed by atoms with Crippen LogP contribution in [0.25, 0.3) is 0 Å². The Morgan fingerprint density at radius 1 is 1.11 bits per heavy atom. The highest BCUT2D eigenvalue weighted by Crippen LogP contribution is 2.46. The zero-order valence-corrected chi connectivity index (χ0v) is 11.8. The van der Waals surface area contributed by atoms with Gasteiger partial charge in [-0.25, -0.2) is 0 Å². The van der Waals surface area contributed by atoms with E-state index in [1.807, 2.05) is 6.07 Å². The summed E-state index contributed by atoms with van der Waals surface area (Å²) in [6, 6.07) is 6.14. The van der Waals surface area contributed by atoms with Gasteiger partial charge >= 0.3 is 0 Å². The molecule has 2 N–H and O–H groups in total. The zero-order valence-electron chi connectivity index (χ0n) is 11.8. The van der Waals surface area contributed by atoms with E-state index >= 15 is 0 Å². The van der Waals surface area contributed by atoms with Gasteiger partial charge in [0.15, 0.2) is 0 Å². The van der Waals surface area contributed by atoms with Crippen molar-refractivity contribution in [3.8, 4) is 5.75 Å². The molecule has 0 unspecified atom stereocenters. The maximum Gasteiger partial charge on any atom is 0.143 e. The number of benzene rings is 1. The van der Waals surface area contributed by atoms with Crippen molar-refractivity contribution >= 4 is 11.4 Å². The standard InChI is InChI=1S/C16H24N2O/c1-19-15-12-13(4-5-14(15)17)18-10-8-16(9-11-18)6-2-3-7-16/h4-5,12H,2-3,6-11,17H2,1H3. The molecular weight excluding hydrogens is 236 g/mol. The van der Waals surface area contributed by atoms with Crippen molar-refractivity contribution in [2.24, 2.45) is 5.41 Å². The Bertz CT molecular complexity index is 442. The number of hydrogen-bond acceptors (Lipinski definition) is 3. The first kappa shape index (κ1) is 12.6. The van der Waals surface area contributed by atoms with Gasteiger partial charge in [0.05, 0.1) is 12.8 Å². The second-order valence-electron chi connectivity index (χ2n) is 6.12. The normalized spacial score (nSPS) is 21.8. The highest BCUT2D eigenvalue weighted by Gasteiger charge is 2.36. The second kappa shape index (κ2) is 4.95. The van der Waals surface area contributed by atoms with Gasteiger partial charge in [0.2, 0.25) is 0 Å². The summed E-state index contributed by atoms with van der Waals surface area (Å²) in [4.78, 5) is 2.48. The minimum Gasteiger partial charge on any atom is -0.495 e. The van der Waals surface area contributed by atoms with E-state index in [1.54, 1.807) is 7.11 Å². The van der Waals surface area contributed by atoms with Gasteiger partial charge in [0, 0.05) is 24.8 Å². The Morgan fingerprint density at radius 3 is 2.42 bits per heavy atom. The lowest BCUT2D eigenvalue weighted by Crippen LogP contribution is -2.38. The summed E-state index contributed by atoms with van der Waals surface area (Å²) < 4.78 is 5.32. The number of ether oxygens (including phenoxy) is 1. The molecule has 1 aliphatic heterocycles. The Morgan fingerprint density at radius 2 is 1.79 bits per heavy atom. The molecule has 0 radical (unpaired) electrons. The van der Waals surface area contributed by atoms with Crippen LogP contribution in [0.4, 0.5) is 11.4 Å². The molecule has 1 aliphatic carbocycles. The number of nitrogen functional groups attached to an aromatic ring is 1. The number of anilines is 2. The maximum atomic E-state index is 5.88. The van der Waals surface area contributed by atoms with Crippen LogP contribution in [-0.4, -0.2) is 20.2 Å². The van der Waals surface area contributed by atoms with Crippen LogP contribution in [0.3, 0.4) is 0 Å². The molecule has 1 aromatic carbocycles. The molecule has 1 heterocycles. The molecule has 3 heteroatoms. The molecule has 3 rings (SSSR count). The van der Waals surface area contributed by atoms with Gasteiger partial charge in [0.25, 0.3) is 0 Å². The Hall–Kier alpha value is -1.38. The van der Waals surface area contributed by atoms with Crippen molar-refractivity contribution in [1.82, 2.24) is 0 Å². The van der Waals surface area contributed by atoms with Crippen LogP contribution in [0.2, 0.25) is 0 Å². The summed E-state index contributed by atoms with van der Waals surface area (Å²) in [5, 5.41) is 0. The molecule has 19 heavy (non-hydrogen) atoms. The minimum absolute atomic E-state index is 0.675. The Balaban J connectivity index is 1.71. The molecule has 1 saturated carbocycles. The van der Waals surface area contributed by atoms with Crippen LogP contribution >= 0.6 is 0 Å². The lowest BCUT2D eigenvalue weighted by molar-refractivity contribution is 0.226. The fraction of sp³-hybridized carbons (Fsp3) is 0.625. The van der Waals surface area contributed by atoms with Gasteiger partial charge in [-0.15, -0.1) is 0 Å². The number of rotatable bonds is 2. The topological polar surface area (TPSA) is 38.5 Å². The van der Waals surface area contributed by atoms with E-state index in [0.717, 1.165) is 11.4 Å². The highest BCUT2D eigenvalue weighted by atomic mass is 16.5. The molecule has 104 valence electrons. The first-order chi connectivity index (χ1) is 9.22. The number of hydrogen-bond donors (Lipinski definition) is 1. The summed E-state index contributed by atoms with van der Waals surface area (Å²) in [5.74, 6) is 0.790. The number of piperidine rings is 1. The molecule has 1 saturated heterocycles. The summed E-state index contributed by atoms with van der Waals surface area (Å²) in [6.07, 6.45) is 8.47. The number of nitrogens with two attached hydrogens (primary N) is 1. The van der Waals surface area contributed by atoms with Crippen LogP contribution in [0, 0.1) is 5.41 Å². The van der Waals surface area contributed by atoms with Crippen LogP contribution in [-0.2, 0) is 0 Å². The Labute approximate surface area is 115 Å². The third-order valence-corrected chi connectivity index (χ3v) is 5.07. The average molecular weight is 260 g/mol. The minimum atomic E-state index is 0.675. The van der Waals surface area contributed by atoms with Crippen molar-refractivity contribution in [3.63, 3.8) is 0 Å². The van der Waals surface area contributed by atoms with E-state index in [2.05, 4.69) is 17.0 Å². The van der Waals surface area contributed by atoms with Crippen molar-refractivity contribution in [1.29, 1.82) is 0 Å². The quantitative estimate of drug-likeness (QED) is 0.828. The van der Waals surface area contributed by atoms with E-state index < -0.39 is 0 Å². The van der Waals surface area contributed by atoms with E-state index in [-0.39, 0.29) is 0 Å². The summed E-state index contributed by atoms with van der Waals surface area (Å²) in [6.45, 7) is 2.35. The third kappa shape index (κ3) is 2.38. The van der Waals surface area contributed by atoms with Crippen LogP contribution in [0.15, 0.2) is 18.2 Å². The molecule has 2 fully saturated rings. The van der Waals surface area contributed by atoms with Crippen molar-refractivity contribution in [2.75, 3.05) is 30.8 Å². The van der Waals surface area contributed by atoms with Gasteiger partial charge in [0.1, 0.15) is 5.75 Å². The smallest absolute Gasteiger partial charge is 0.143 e. The molecule has 0 atom stereocenters. The van der Waals surface area contributed by atoms with Crippen molar-refractivity contribution in [2.45, 2.75) is 38.5 Å². The van der Waals surface area contributed by atoms with Gasteiger partial charge in [-0.1, -0.05) is 12.8 Å². The van der Waals surface area contributed by atoms with E-state index in [9.17, 15) is 0 Å². The fourth-order valence-electron chi connectivity index (χ4n) is 3.76. The van der Waals surface area contributed by atoms with Gasteiger partial charge in [-0.3, -0.25) is 0 Å². The third-order valence-electron chi connectivity index (χ3n) is 5.07. The maximum absolute atomic E-state index is 5.88. The molecule has 0 amide bonds. The van der Waals surface area contributed by atoms with Crippen LogP contribution < -0.4 is 15.4 Å². The Kier molecular flexibility index (Phi) is 3.29. The fourth-order valence-corrected chi connectivity index (χ4v) is 3.76. The molecule has 0 bridgehead atoms. The predicted octanol–water partition coefficient (Wildman–Crippen LogP) is 3.44. The van der Waals surface area contributed by atoms with E-state index in [1.165, 1.54) is 57.3 Å². The summed E-state index contributed by atoms with van der Waals surface area (Å²) in [5.41, 5.74) is 8.52. The second-order valence-corrected chi connectivity index (χ2v) is 6.12. The summed E-state index contributed by atoms with van der Waals surface area (Å²) in [7, 11) is 1.68. The van der Waals surface area contributed by atoms with Crippen LogP contribution in [0.1, 0.15) is 38.5 Å². The SMILES string of the molecule is COc1cc(N2CCC3(CCCC3)CC2)ccc1N. The van der Waals surface area contributed by atoms with Crippen LogP contribution in [0.5, 0.6) is 5.75 Å². The molecule has 1 aromatic rings. The van der Waals surface area contributed by atoms with E-state index in [4.69, 9.17) is 10.5 Å². The average Bonchev–Trinajstić information content (AvgIpc) is 2.89. The van der Waals surface area contributed by atoms with Gasteiger partial charge in [-0.05, 0) is 43.2 Å². The molecule has 2 aliphatic rings. The largest absolute Gasteiger partial charge is 0.495 e. The van der Waals surface area contributed by atoms with Gasteiger partial charge in [-0.2, -0.15) is 0 Å². The number of nitrogens with zero attached hydrogens (tertiary/aromatic N) is 1. The highest BCUT2D eigenvalue weighted by molar-refractivity contribution is 5.62. The molecular formula is C16H24N2O. The first-order valence-corrected chi connectivity index (χ1v) is 7.41. The molecule has 3 nitrogen and oxygen atoms in total. The predicted molar refractivity (Wildman–Crippen MR) is 79.8 cm³/mol. The van der Waals surface area contributed by atoms with Crippen molar-refractivity contribution < 1.29 is 4.74 Å². The first-order valence-electron chi connectivity index (χ1n) is 7.41. The zero-order chi connectivity index (χ0) is 13.3. The lowest BCUT2D eigenvalue weighted by Gasteiger charge is -2.40. The van der Waals surface area contributed by atoms with E-state index in [0.29, 0.717) is 5.41 Å². The van der Waals surface area contributed by atoms with Gasteiger partial charge < -0.3 is 15.4 Å². The monoisotopic (exact) mass is 260 g/mol. The lowest BCUT2D eigenvalue weighted by atomic mass is 9.77. The molecule has 1 spiro atoms. The van der Waals surface area contributed by atoms with Crippen molar-refractivity contribution in [3.05, 3.63) is 18.2 Å². The summed E-state index contributed by atoms with van der Waals surface area (Å²) >= 11 is 0. The number of methoxy groups -OCH3 is 1. The molecule has 0 aromatic heterocycles.